The molecule has 1 aliphatic carbocycles. The first kappa shape index (κ1) is 12.7. The number of hydrogen-bond acceptors (Lipinski definition) is 1. The third kappa shape index (κ3) is 4.54. The Bertz CT molecular complexity index is 233. The fourth-order valence-electron chi connectivity index (χ4n) is 2.96. The van der Waals surface area contributed by atoms with Crippen molar-refractivity contribution in [3.8, 4) is 0 Å². The Kier molecular flexibility index (Phi) is 5.10. The van der Waals surface area contributed by atoms with Gasteiger partial charge in [-0.3, -0.25) is 0 Å². The summed E-state index contributed by atoms with van der Waals surface area (Å²) >= 11 is 0. The molecular formula is C13H26N3O+. The van der Waals surface area contributed by atoms with Crippen molar-refractivity contribution in [3.63, 3.8) is 0 Å². The average molecular weight is 240 g/mol. The van der Waals surface area contributed by atoms with Gasteiger partial charge in [-0.2, -0.15) is 0 Å². The number of nitrogens with one attached hydrogen (secondary N) is 3. The lowest BCUT2D eigenvalue weighted by molar-refractivity contribution is -0.886. The number of rotatable bonds is 4. The Morgan fingerprint density at radius 3 is 2.47 bits per heavy atom. The van der Waals surface area contributed by atoms with Crippen LogP contribution in [0.15, 0.2) is 0 Å². The van der Waals surface area contributed by atoms with E-state index >= 15 is 0 Å². The van der Waals surface area contributed by atoms with Crippen molar-refractivity contribution in [2.75, 3.05) is 26.2 Å². The van der Waals surface area contributed by atoms with Crippen LogP contribution in [0.25, 0.3) is 0 Å². The van der Waals surface area contributed by atoms with Crippen LogP contribution in [0, 0.1) is 0 Å². The third-order valence-corrected chi connectivity index (χ3v) is 4.02. The second kappa shape index (κ2) is 6.84. The van der Waals surface area contributed by atoms with E-state index in [1.165, 1.54) is 45.2 Å². The second-order valence-corrected chi connectivity index (χ2v) is 5.44. The summed E-state index contributed by atoms with van der Waals surface area (Å²) in [6.45, 7) is 4.46. The number of amides is 2. The Morgan fingerprint density at radius 1 is 1.06 bits per heavy atom. The van der Waals surface area contributed by atoms with Crippen LogP contribution in [0.3, 0.4) is 0 Å². The topological polar surface area (TPSA) is 45.6 Å². The largest absolute Gasteiger partial charge is 0.335 e. The van der Waals surface area contributed by atoms with E-state index in [1.54, 1.807) is 4.90 Å². The molecule has 2 fully saturated rings. The van der Waals surface area contributed by atoms with Gasteiger partial charge < -0.3 is 15.5 Å². The molecular weight excluding hydrogens is 214 g/mol. The second-order valence-electron chi connectivity index (χ2n) is 5.44. The zero-order valence-corrected chi connectivity index (χ0v) is 10.8. The molecule has 0 aromatic heterocycles. The van der Waals surface area contributed by atoms with Crippen LogP contribution < -0.4 is 15.5 Å². The number of quaternary nitrogens is 1. The molecule has 98 valence electrons. The first-order chi connectivity index (χ1) is 8.34. The standard InChI is InChI=1S/C13H25N3O/c17-13(15-12-6-2-1-3-7-12)14-8-11-16-9-4-5-10-16/h12H,1-11H2,(H2,14,15,17)/p+1. The van der Waals surface area contributed by atoms with Crippen molar-refractivity contribution < 1.29 is 9.69 Å². The smallest absolute Gasteiger partial charge is 0.315 e. The predicted molar refractivity (Wildman–Crippen MR) is 68.2 cm³/mol. The van der Waals surface area contributed by atoms with E-state index in [9.17, 15) is 4.79 Å². The minimum absolute atomic E-state index is 0.0375. The van der Waals surface area contributed by atoms with E-state index in [0.29, 0.717) is 6.04 Å². The summed E-state index contributed by atoms with van der Waals surface area (Å²) in [6.07, 6.45) is 8.88. The van der Waals surface area contributed by atoms with Crippen molar-refractivity contribution in [1.29, 1.82) is 0 Å². The van der Waals surface area contributed by atoms with Crippen LogP contribution in [-0.2, 0) is 0 Å². The van der Waals surface area contributed by atoms with Crippen LogP contribution in [0.5, 0.6) is 0 Å². The SMILES string of the molecule is O=C(NCC[NH+]1CCCC1)NC1CCCCC1. The van der Waals surface area contributed by atoms with Crippen molar-refractivity contribution in [2.24, 2.45) is 0 Å². The van der Waals surface area contributed by atoms with Gasteiger partial charge >= 0.3 is 6.03 Å². The average Bonchev–Trinajstić information content (AvgIpc) is 2.83. The molecule has 2 rings (SSSR count). The first-order valence-corrected chi connectivity index (χ1v) is 7.22. The van der Waals surface area contributed by atoms with E-state index in [2.05, 4.69) is 10.6 Å². The summed E-state index contributed by atoms with van der Waals surface area (Å²) in [4.78, 5) is 13.3. The Labute approximate surface area is 104 Å². The van der Waals surface area contributed by atoms with Gasteiger partial charge in [-0.1, -0.05) is 19.3 Å². The predicted octanol–water partition coefficient (Wildman–Crippen LogP) is 0.297. The van der Waals surface area contributed by atoms with Crippen LogP contribution in [-0.4, -0.2) is 38.3 Å². The fraction of sp³-hybridized carbons (Fsp3) is 0.923. The van der Waals surface area contributed by atoms with Gasteiger partial charge in [0.05, 0.1) is 26.2 Å². The molecule has 17 heavy (non-hydrogen) atoms. The quantitative estimate of drug-likeness (QED) is 0.650. The molecule has 4 heteroatoms. The van der Waals surface area contributed by atoms with Crippen molar-refractivity contribution in [2.45, 2.75) is 51.0 Å². The van der Waals surface area contributed by atoms with Gasteiger partial charge in [-0.05, 0) is 12.8 Å². The van der Waals surface area contributed by atoms with E-state index in [-0.39, 0.29) is 6.03 Å². The number of carbonyl (C=O) groups is 1. The molecule has 2 amide bonds. The summed E-state index contributed by atoms with van der Waals surface area (Å²) in [5.74, 6) is 0. The first-order valence-electron chi connectivity index (χ1n) is 7.22. The molecule has 2 aliphatic rings. The summed E-state index contributed by atoms with van der Waals surface area (Å²) in [7, 11) is 0. The molecule has 0 radical (unpaired) electrons. The summed E-state index contributed by atoms with van der Waals surface area (Å²) in [5, 5.41) is 6.07. The molecule has 4 nitrogen and oxygen atoms in total. The highest BCUT2D eigenvalue weighted by Gasteiger charge is 2.17. The highest BCUT2D eigenvalue weighted by atomic mass is 16.2. The summed E-state index contributed by atoms with van der Waals surface area (Å²) in [6, 6.07) is 0.457. The van der Waals surface area contributed by atoms with E-state index in [0.717, 1.165) is 25.9 Å². The molecule has 1 heterocycles. The van der Waals surface area contributed by atoms with Crippen LogP contribution in [0.4, 0.5) is 4.79 Å². The molecule has 0 aromatic rings. The molecule has 0 bridgehead atoms. The van der Waals surface area contributed by atoms with Gasteiger partial charge in [0.15, 0.2) is 0 Å². The molecule has 0 atom stereocenters. The molecule has 1 saturated heterocycles. The normalized spacial score (nSPS) is 22.6. The minimum atomic E-state index is 0.0375. The number of likely N-dealkylation sites (tertiary alicyclic amines) is 1. The lowest BCUT2D eigenvalue weighted by atomic mass is 9.96. The minimum Gasteiger partial charge on any atom is -0.335 e. The Morgan fingerprint density at radius 2 is 1.76 bits per heavy atom. The van der Waals surface area contributed by atoms with Crippen molar-refractivity contribution in [1.82, 2.24) is 10.6 Å². The van der Waals surface area contributed by atoms with Crippen molar-refractivity contribution in [3.05, 3.63) is 0 Å². The van der Waals surface area contributed by atoms with E-state index in [1.807, 2.05) is 0 Å². The van der Waals surface area contributed by atoms with Crippen LogP contribution in [0.1, 0.15) is 44.9 Å². The lowest BCUT2D eigenvalue weighted by Gasteiger charge is -2.23. The monoisotopic (exact) mass is 240 g/mol. The molecule has 1 aliphatic heterocycles. The zero-order chi connectivity index (χ0) is 11.9. The Balaban J connectivity index is 1.53. The van der Waals surface area contributed by atoms with Gasteiger partial charge in [0.25, 0.3) is 0 Å². The van der Waals surface area contributed by atoms with Gasteiger partial charge in [-0.15, -0.1) is 0 Å². The molecule has 0 aromatic carbocycles. The summed E-state index contributed by atoms with van der Waals surface area (Å²) < 4.78 is 0. The van der Waals surface area contributed by atoms with Gasteiger partial charge in [-0.25, -0.2) is 4.79 Å². The van der Waals surface area contributed by atoms with Gasteiger partial charge in [0.1, 0.15) is 0 Å². The highest BCUT2D eigenvalue weighted by molar-refractivity contribution is 5.74. The summed E-state index contributed by atoms with van der Waals surface area (Å²) in [5.41, 5.74) is 0. The number of hydrogen-bond donors (Lipinski definition) is 3. The van der Waals surface area contributed by atoms with Gasteiger partial charge in [0, 0.05) is 18.9 Å². The zero-order valence-electron chi connectivity index (χ0n) is 10.8. The van der Waals surface area contributed by atoms with E-state index in [4.69, 9.17) is 0 Å². The van der Waals surface area contributed by atoms with Gasteiger partial charge in [0.2, 0.25) is 0 Å². The third-order valence-electron chi connectivity index (χ3n) is 4.02. The number of urea groups is 1. The Hall–Kier alpha value is -0.770. The maximum Gasteiger partial charge on any atom is 0.315 e. The molecule has 1 saturated carbocycles. The number of carbonyl (C=O) groups excluding carboxylic acids is 1. The maximum absolute atomic E-state index is 11.7. The molecule has 0 spiro atoms. The van der Waals surface area contributed by atoms with Crippen molar-refractivity contribution >= 4 is 6.03 Å². The highest BCUT2D eigenvalue weighted by Crippen LogP contribution is 2.16. The lowest BCUT2D eigenvalue weighted by Crippen LogP contribution is -3.10. The molecule has 0 unspecified atom stereocenters. The van der Waals surface area contributed by atoms with E-state index < -0.39 is 0 Å². The fourth-order valence-corrected chi connectivity index (χ4v) is 2.96. The van der Waals surface area contributed by atoms with Crippen LogP contribution >= 0.6 is 0 Å². The molecule has 3 N–H and O–H groups in total. The maximum atomic E-state index is 11.7. The van der Waals surface area contributed by atoms with Crippen LogP contribution in [0.2, 0.25) is 0 Å².